The van der Waals surface area contributed by atoms with Gasteiger partial charge in [0.2, 0.25) is 5.85 Å². The number of phosphoric acid groups is 2. The predicted octanol–water partition coefficient (Wildman–Crippen LogP) is -1.29. The summed E-state index contributed by atoms with van der Waals surface area (Å²) in [6.45, 7) is -1.34. The summed E-state index contributed by atoms with van der Waals surface area (Å²) in [5.41, 5.74) is -1.74. The number of phosphoric ester groups is 1. The van der Waals surface area contributed by atoms with E-state index in [0.717, 1.165) is 12.3 Å². The molecule has 0 spiro atoms. The van der Waals surface area contributed by atoms with Gasteiger partial charge in [0.15, 0.2) is 6.23 Å². The number of nitrogens with zero attached hydrogens (tertiary/aromatic N) is 1. The van der Waals surface area contributed by atoms with Gasteiger partial charge >= 0.3 is 21.3 Å². The fraction of sp³-hybridized carbons (Fsp3) is 0.556. The summed E-state index contributed by atoms with van der Waals surface area (Å²) < 4.78 is 49.4. The van der Waals surface area contributed by atoms with E-state index < -0.39 is 58.1 Å². The summed E-state index contributed by atoms with van der Waals surface area (Å²) in [7, 11) is -10.7. The average molecular weight is 406 g/mol. The monoisotopic (exact) mass is 406 g/mol. The molecule has 1 fully saturated rings. The maximum atomic E-state index is 14.5. The van der Waals surface area contributed by atoms with Crippen molar-refractivity contribution in [1.82, 2.24) is 9.55 Å². The Kier molecular flexibility index (Phi) is 5.50. The van der Waals surface area contributed by atoms with Crippen LogP contribution in [0.4, 0.5) is 4.39 Å². The number of ether oxygens (including phenoxy) is 1. The Morgan fingerprint density at radius 2 is 2.04 bits per heavy atom. The zero-order valence-corrected chi connectivity index (χ0v) is 13.9. The van der Waals surface area contributed by atoms with E-state index >= 15 is 0 Å². The summed E-state index contributed by atoms with van der Waals surface area (Å²) in [6, 6.07) is 0.919. The lowest BCUT2D eigenvalue weighted by atomic mass is 10.2. The van der Waals surface area contributed by atoms with E-state index in [-0.39, 0.29) is 0 Å². The van der Waals surface area contributed by atoms with E-state index in [1.54, 1.807) is 0 Å². The van der Waals surface area contributed by atoms with Gasteiger partial charge < -0.3 is 24.5 Å². The molecule has 1 aromatic rings. The van der Waals surface area contributed by atoms with Crippen molar-refractivity contribution in [2.45, 2.75) is 24.6 Å². The molecule has 1 aromatic heterocycles. The van der Waals surface area contributed by atoms with Crippen LogP contribution in [-0.2, 0) is 22.7 Å². The summed E-state index contributed by atoms with van der Waals surface area (Å²) in [4.78, 5) is 50.4. The number of nitrogens with one attached hydrogen (secondary N) is 1. The van der Waals surface area contributed by atoms with Crippen LogP contribution in [0.3, 0.4) is 0 Å². The molecule has 5 N–H and O–H groups in total. The van der Waals surface area contributed by atoms with Crippen LogP contribution in [0.1, 0.15) is 12.6 Å². The van der Waals surface area contributed by atoms with Crippen molar-refractivity contribution in [3.8, 4) is 0 Å². The third kappa shape index (κ3) is 5.38. The van der Waals surface area contributed by atoms with E-state index in [0.29, 0.717) is 4.57 Å². The first kappa shape index (κ1) is 20.1. The van der Waals surface area contributed by atoms with Gasteiger partial charge in [-0.1, -0.05) is 0 Å². The van der Waals surface area contributed by atoms with Gasteiger partial charge in [0, 0.05) is 18.7 Å². The molecule has 1 unspecified atom stereocenters. The predicted molar refractivity (Wildman–Crippen MR) is 74.8 cm³/mol. The van der Waals surface area contributed by atoms with Crippen molar-refractivity contribution in [3.63, 3.8) is 0 Å². The second kappa shape index (κ2) is 6.83. The molecule has 13 nitrogen and oxygen atoms in total. The number of aromatic nitrogens is 2. The second-order valence-electron chi connectivity index (χ2n) is 4.99. The van der Waals surface area contributed by atoms with Crippen LogP contribution < -0.4 is 11.2 Å². The first-order chi connectivity index (χ1) is 11.3. The fourth-order valence-electron chi connectivity index (χ4n) is 2.05. The van der Waals surface area contributed by atoms with Crippen molar-refractivity contribution >= 4 is 15.6 Å². The Bertz CT molecular complexity index is 848. The highest BCUT2D eigenvalue weighted by Gasteiger charge is 2.49. The molecule has 0 bridgehead atoms. The van der Waals surface area contributed by atoms with Crippen molar-refractivity contribution in [2.75, 3.05) is 6.61 Å². The molecule has 0 radical (unpaired) electrons. The van der Waals surface area contributed by atoms with Gasteiger partial charge in [-0.15, -0.1) is 0 Å². The average Bonchev–Trinajstić information content (AvgIpc) is 2.70. The SMILES string of the molecule is O=c1ccn([C@@H]2O[C@](F)(COP(=O)(O)OP(=O)(O)O)C[C@H]2O)c(=O)[nH]1. The zero-order valence-electron chi connectivity index (χ0n) is 12.1. The molecule has 1 saturated heterocycles. The maximum Gasteiger partial charge on any atom is 0.481 e. The van der Waals surface area contributed by atoms with Gasteiger partial charge in [-0.05, 0) is 0 Å². The van der Waals surface area contributed by atoms with E-state index in [1.807, 2.05) is 4.98 Å². The van der Waals surface area contributed by atoms with E-state index in [1.165, 1.54) is 0 Å². The Morgan fingerprint density at radius 1 is 1.40 bits per heavy atom. The molecule has 0 amide bonds. The molecule has 25 heavy (non-hydrogen) atoms. The maximum absolute atomic E-state index is 14.5. The number of hydrogen-bond acceptors (Lipinski definition) is 8. The van der Waals surface area contributed by atoms with Crippen LogP contribution in [0.5, 0.6) is 0 Å². The Labute approximate surface area is 137 Å². The highest BCUT2D eigenvalue weighted by Crippen LogP contribution is 2.58. The molecule has 2 heterocycles. The van der Waals surface area contributed by atoms with Crippen molar-refractivity contribution in [2.24, 2.45) is 0 Å². The Morgan fingerprint density at radius 3 is 2.60 bits per heavy atom. The van der Waals surface area contributed by atoms with E-state index in [4.69, 9.17) is 19.4 Å². The quantitative estimate of drug-likeness (QED) is 0.352. The van der Waals surface area contributed by atoms with Crippen LogP contribution in [0.2, 0.25) is 0 Å². The Balaban J connectivity index is 2.11. The molecular weight excluding hydrogens is 393 g/mol. The highest BCUT2D eigenvalue weighted by molar-refractivity contribution is 7.60. The number of halogens is 1. The first-order valence-electron chi connectivity index (χ1n) is 6.41. The minimum Gasteiger partial charge on any atom is -0.388 e. The number of aromatic amines is 1. The van der Waals surface area contributed by atoms with Gasteiger partial charge in [-0.3, -0.25) is 18.9 Å². The number of H-pyrrole nitrogens is 1. The van der Waals surface area contributed by atoms with Crippen LogP contribution >= 0.6 is 15.6 Å². The number of hydrogen-bond donors (Lipinski definition) is 5. The molecule has 16 heteroatoms. The lowest BCUT2D eigenvalue weighted by molar-refractivity contribution is -0.178. The van der Waals surface area contributed by atoms with E-state index in [2.05, 4.69) is 8.83 Å². The third-order valence-corrected chi connectivity index (χ3v) is 5.08. The molecule has 1 aliphatic rings. The van der Waals surface area contributed by atoms with Gasteiger partial charge in [0.05, 0.1) is 0 Å². The van der Waals surface area contributed by atoms with Crippen LogP contribution in [-0.4, -0.2) is 47.9 Å². The topological polar surface area (TPSA) is 198 Å². The minimum atomic E-state index is -5.38. The molecule has 0 aliphatic carbocycles. The molecule has 142 valence electrons. The van der Waals surface area contributed by atoms with Crippen LogP contribution in [0.25, 0.3) is 0 Å². The summed E-state index contributed by atoms with van der Waals surface area (Å²) in [5, 5.41) is 9.83. The van der Waals surface area contributed by atoms with Gasteiger partial charge in [-0.25, -0.2) is 18.3 Å². The summed E-state index contributed by atoms with van der Waals surface area (Å²) in [5.74, 6) is -2.88. The second-order valence-corrected chi connectivity index (χ2v) is 7.82. The lowest BCUT2D eigenvalue weighted by Gasteiger charge is -2.22. The zero-order chi connectivity index (χ0) is 19.0. The standard InChI is InChI=1S/C9H13FN2O11P2/c10-9(4-21-25(19,20)23-24(16,17)18)3-5(13)7(22-9)12-2-1-6(14)11-8(12)15/h1-2,5,7,13H,3-4H2,(H,19,20)(H,11,14,15)(H2,16,17,18)/t5-,7-,9+/m1/s1. The highest BCUT2D eigenvalue weighted by atomic mass is 31.3. The van der Waals surface area contributed by atoms with Crippen molar-refractivity contribution < 1.29 is 46.9 Å². The third-order valence-electron chi connectivity index (χ3n) is 2.95. The largest absolute Gasteiger partial charge is 0.481 e. The first-order valence-corrected chi connectivity index (χ1v) is 9.43. The Hall–Kier alpha value is -1.21. The number of aliphatic hydroxyl groups is 1. The molecule has 1 aliphatic heterocycles. The van der Waals surface area contributed by atoms with Crippen molar-refractivity contribution in [3.05, 3.63) is 33.1 Å². The molecule has 0 aromatic carbocycles. The molecule has 2 rings (SSSR count). The fourth-order valence-corrected chi connectivity index (χ4v) is 3.67. The molecular formula is C9H13FN2O11P2. The van der Waals surface area contributed by atoms with Gasteiger partial charge in [0.25, 0.3) is 5.56 Å². The van der Waals surface area contributed by atoms with Gasteiger partial charge in [-0.2, -0.15) is 4.31 Å². The molecule has 0 saturated carbocycles. The van der Waals surface area contributed by atoms with Crippen molar-refractivity contribution in [1.29, 1.82) is 0 Å². The number of alkyl halides is 1. The normalized spacial score (nSPS) is 29.5. The summed E-state index contributed by atoms with van der Waals surface area (Å²) >= 11 is 0. The smallest absolute Gasteiger partial charge is 0.388 e. The van der Waals surface area contributed by atoms with Crippen LogP contribution in [0, 0.1) is 0 Å². The minimum absolute atomic E-state index is 0.679. The van der Waals surface area contributed by atoms with E-state index in [9.17, 15) is 28.2 Å². The lowest BCUT2D eigenvalue weighted by Crippen LogP contribution is -2.35. The van der Waals surface area contributed by atoms with Gasteiger partial charge in [0.1, 0.15) is 12.7 Å². The summed E-state index contributed by atoms with van der Waals surface area (Å²) in [6.07, 6.45) is -3.05. The number of rotatable bonds is 6. The molecule has 4 atom stereocenters. The number of aliphatic hydroxyl groups excluding tert-OH is 1. The van der Waals surface area contributed by atoms with Crippen LogP contribution in [0.15, 0.2) is 21.9 Å².